The topological polar surface area (TPSA) is 46.1 Å². The van der Waals surface area contributed by atoms with Gasteiger partial charge in [-0.05, 0) is 45.0 Å². The smallest absolute Gasteiger partial charge is 0.267 e. The minimum absolute atomic E-state index is 0.0334. The minimum atomic E-state index is 0.0334. The zero-order chi connectivity index (χ0) is 11.4. The molecule has 1 saturated heterocycles. The summed E-state index contributed by atoms with van der Waals surface area (Å²) in [6.07, 6.45) is 4.21. The van der Waals surface area contributed by atoms with Crippen molar-refractivity contribution in [2.45, 2.75) is 25.8 Å². The van der Waals surface area contributed by atoms with Gasteiger partial charge in [0.05, 0.1) is 0 Å². The molecule has 2 heterocycles. The Morgan fingerprint density at radius 3 is 3.00 bits per heavy atom. The Bertz CT molecular complexity index is 353. The highest BCUT2D eigenvalue weighted by Gasteiger charge is 2.19. The van der Waals surface area contributed by atoms with E-state index >= 15 is 0 Å². The molecule has 4 heteroatoms. The molecule has 0 bridgehead atoms. The fourth-order valence-corrected chi connectivity index (χ4v) is 2.24. The highest BCUT2D eigenvalue weighted by Crippen LogP contribution is 2.21. The SMILES string of the molecule is CCNC(=O)c1cccn1C1CCNCC1. The van der Waals surface area contributed by atoms with E-state index in [1.807, 2.05) is 25.3 Å². The van der Waals surface area contributed by atoms with Gasteiger partial charge in [0.2, 0.25) is 0 Å². The first-order valence-electron chi connectivity index (χ1n) is 5.98. The fourth-order valence-electron chi connectivity index (χ4n) is 2.24. The van der Waals surface area contributed by atoms with Gasteiger partial charge in [-0.2, -0.15) is 0 Å². The standard InChI is InChI=1S/C12H19N3O/c1-2-14-12(16)11-4-3-9-15(11)10-5-7-13-8-6-10/h3-4,9-10,13H,2,5-8H2,1H3,(H,14,16). The first kappa shape index (κ1) is 11.2. The maximum absolute atomic E-state index is 11.8. The largest absolute Gasteiger partial charge is 0.351 e. The van der Waals surface area contributed by atoms with Gasteiger partial charge in [0, 0.05) is 18.8 Å². The van der Waals surface area contributed by atoms with Crippen molar-refractivity contribution >= 4 is 5.91 Å². The molecule has 16 heavy (non-hydrogen) atoms. The van der Waals surface area contributed by atoms with Crippen LogP contribution >= 0.6 is 0 Å². The van der Waals surface area contributed by atoms with Gasteiger partial charge in [-0.15, -0.1) is 0 Å². The van der Waals surface area contributed by atoms with Gasteiger partial charge in [0.1, 0.15) is 5.69 Å². The van der Waals surface area contributed by atoms with Crippen LogP contribution in [0.3, 0.4) is 0 Å². The van der Waals surface area contributed by atoms with Crippen molar-refractivity contribution < 1.29 is 4.79 Å². The second kappa shape index (κ2) is 5.16. The van der Waals surface area contributed by atoms with Crippen LogP contribution in [0.25, 0.3) is 0 Å². The van der Waals surface area contributed by atoms with E-state index < -0.39 is 0 Å². The molecule has 2 rings (SSSR count). The van der Waals surface area contributed by atoms with Crippen LogP contribution < -0.4 is 10.6 Å². The number of carbonyl (C=O) groups is 1. The van der Waals surface area contributed by atoms with Gasteiger partial charge < -0.3 is 15.2 Å². The summed E-state index contributed by atoms with van der Waals surface area (Å²) in [5.74, 6) is 0.0334. The van der Waals surface area contributed by atoms with Crippen LogP contribution in [0, 0.1) is 0 Å². The molecule has 1 amide bonds. The molecule has 0 unspecified atom stereocenters. The van der Waals surface area contributed by atoms with E-state index in [-0.39, 0.29) is 5.91 Å². The summed E-state index contributed by atoms with van der Waals surface area (Å²) in [6.45, 7) is 4.70. The lowest BCUT2D eigenvalue weighted by atomic mass is 10.1. The van der Waals surface area contributed by atoms with Crippen LogP contribution in [0.2, 0.25) is 0 Å². The van der Waals surface area contributed by atoms with E-state index in [4.69, 9.17) is 0 Å². The number of piperidine rings is 1. The molecule has 0 aliphatic carbocycles. The molecule has 0 aromatic carbocycles. The van der Waals surface area contributed by atoms with Crippen LogP contribution in [0.5, 0.6) is 0 Å². The number of hydrogen-bond donors (Lipinski definition) is 2. The lowest BCUT2D eigenvalue weighted by Gasteiger charge is -2.25. The van der Waals surface area contributed by atoms with Gasteiger partial charge in [-0.3, -0.25) is 4.79 Å². The van der Waals surface area contributed by atoms with Crippen LogP contribution in [-0.2, 0) is 0 Å². The number of rotatable bonds is 3. The summed E-state index contributed by atoms with van der Waals surface area (Å²) in [5.41, 5.74) is 0.786. The quantitative estimate of drug-likeness (QED) is 0.804. The monoisotopic (exact) mass is 221 g/mol. The number of aromatic nitrogens is 1. The summed E-state index contributed by atoms with van der Waals surface area (Å²) in [7, 11) is 0. The molecule has 1 aliphatic rings. The molecular formula is C12H19N3O. The number of nitrogens with one attached hydrogen (secondary N) is 2. The van der Waals surface area contributed by atoms with E-state index in [1.165, 1.54) is 0 Å². The van der Waals surface area contributed by atoms with Gasteiger partial charge in [-0.25, -0.2) is 0 Å². The first-order chi connectivity index (χ1) is 7.83. The van der Waals surface area contributed by atoms with Crippen molar-refractivity contribution in [3.8, 4) is 0 Å². The molecule has 0 radical (unpaired) electrons. The second-order valence-corrected chi connectivity index (χ2v) is 4.14. The maximum Gasteiger partial charge on any atom is 0.267 e. The molecule has 2 N–H and O–H groups in total. The van der Waals surface area contributed by atoms with Crippen molar-refractivity contribution in [1.82, 2.24) is 15.2 Å². The van der Waals surface area contributed by atoms with Crippen molar-refractivity contribution in [3.63, 3.8) is 0 Å². The number of hydrogen-bond acceptors (Lipinski definition) is 2. The average Bonchev–Trinajstić information content (AvgIpc) is 2.79. The molecule has 1 aliphatic heterocycles. The second-order valence-electron chi connectivity index (χ2n) is 4.14. The van der Waals surface area contributed by atoms with Gasteiger partial charge in [0.25, 0.3) is 5.91 Å². The maximum atomic E-state index is 11.8. The molecule has 0 saturated carbocycles. The highest BCUT2D eigenvalue weighted by molar-refractivity contribution is 5.92. The molecule has 4 nitrogen and oxygen atoms in total. The predicted molar refractivity (Wildman–Crippen MR) is 63.6 cm³/mol. The zero-order valence-corrected chi connectivity index (χ0v) is 9.70. The predicted octanol–water partition coefficient (Wildman–Crippen LogP) is 1.16. The van der Waals surface area contributed by atoms with Gasteiger partial charge in [-0.1, -0.05) is 0 Å². The molecule has 0 atom stereocenters. The average molecular weight is 221 g/mol. The fraction of sp³-hybridized carbons (Fsp3) is 0.583. The lowest BCUT2D eigenvalue weighted by Crippen LogP contribution is -2.32. The van der Waals surface area contributed by atoms with E-state index in [9.17, 15) is 4.79 Å². The molecular weight excluding hydrogens is 202 g/mol. The Morgan fingerprint density at radius 2 is 2.31 bits per heavy atom. The van der Waals surface area contributed by atoms with E-state index in [1.54, 1.807) is 0 Å². The minimum Gasteiger partial charge on any atom is -0.351 e. The van der Waals surface area contributed by atoms with Gasteiger partial charge in [0.15, 0.2) is 0 Å². The van der Waals surface area contributed by atoms with Crippen molar-refractivity contribution in [1.29, 1.82) is 0 Å². The summed E-state index contributed by atoms with van der Waals surface area (Å²) in [4.78, 5) is 11.8. The van der Waals surface area contributed by atoms with Crippen LogP contribution in [0.1, 0.15) is 36.3 Å². The highest BCUT2D eigenvalue weighted by atomic mass is 16.1. The van der Waals surface area contributed by atoms with Crippen molar-refractivity contribution in [2.75, 3.05) is 19.6 Å². The van der Waals surface area contributed by atoms with E-state index in [0.717, 1.165) is 31.6 Å². The molecule has 1 aromatic heterocycles. The van der Waals surface area contributed by atoms with E-state index in [2.05, 4.69) is 15.2 Å². The molecule has 1 aromatic rings. The Hall–Kier alpha value is -1.29. The third-order valence-corrected chi connectivity index (χ3v) is 3.05. The Kier molecular flexibility index (Phi) is 3.62. The van der Waals surface area contributed by atoms with Crippen molar-refractivity contribution in [3.05, 3.63) is 24.0 Å². The van der Waals surface area contributed by atoms with Crippen molar-refractivity contribution in [2.24, 2.45) is 0 Å². The van der Waals surface area contributed by atoms with Crippen LogP contribution in [-0.4, -0.2) is 30.1 Å². The normalized spacial score (nSPS) is 17.3. The lowest BCUT2D eigenvalue weighted by molar-refractivity contribution is 0.0943. The summed E-state index contributed by atoms with van der Waals surface area (Å²) >= 11 is 0. The number of amides is 1. The molecule has 88 valence electrons. The summed E-state index contributed by atoms with van der Waals surface area (Å²) in [5, 5.41) is 6.19. The van der Waals surface area contributed by atoms with Gasteiger partial charge >= 0.3 is 0 Å². The summed E-state index contributed by atoms with van der Waals surface area (Å²) in [6, 6.07) is 4.31. The Labute approximate surface area is 96.0 Å². The first-order valence-corrected chi connectivity index (χ1v) is 5.98. The van der Waals surface area contributed by atoms with Crippen LogP contribution in [0.4, 0.5) is 0 Å². The molecule has 1 fully saturated rings. The number of carbonyl (C=O) groups excluding carboxylic acids is 1. The number of nitrogens with zero attached hydrogens (tertiary/aromatic N) is 1. The Balaban J connectivity index is 2.14. The third kappa shape index (κ3) is 2.27. The van der Waals surface area contributed by atoms with Crippen LogP contribution in [0.15, 0.2) is 18.3 Å². The summed E-state index contributed by atoms with van der Waals surface area (Å²) < 4.78 is 2.12. The zero-order valence-electron chi connectivity index (χ0n) is 9.70. The Morgan fingerprint density at radius 1 is 1.56 bits per heavy atom. The third-order valence-electron chi connectivity index (χ3n) is 3.05. The van der Waals surface area contributed by atoms with E-state index in [0.29, 0.717) is 12.6 Å². The molecule has 0 spiro atoms.